The van der Waals surface area contributed by atoms with Crippen LogP contribution in [-0.2, 0) is 37.2 Å². The molecule has 2 unspecified atom stereocenters. The van der Waals surface area contributed by atoms with Gasteiger partial charge in [-0.1, -0.05) is 75.9 Å². The van der Waals surface area contributed by atoms with Gasteiger partial charge in [-0.15, -0.1) is 11.6 Å². The standard InChI is InChI=1S/C85H104ClN15O12S2/c1-52(2)77(88-31-32-89-78(102)55-22-28-68-70(40-55)95-73-51-115-64-14-9-7-6-8-13-63(43-64)114-50-72(73)94-68)81(105)96-69(17-12-30-90-83(87)107)80(104)91-58-23-18-53(19-24-58)49-112-84(108)98(5)47-61-42-60(99-34-36-110-37-35-99)48-100(61)85(109)113-75-44-74-76(66-16-11-10-15-65(66)75)57(45-86)46-101(74)82(106)71-41-56-39-59(25-29-67(56)93-71)92-79(103)54-20-26-62(27-21-54)111-38-33-97(3)4/h10-11,15-16,18-29,39-41,44,52,57,60-61,63-64,69,77,88,93H,6-9,12-14,17,30-38,42-43,45-51H2,1-5H3,(H,89,102)(H,91,104)(H,92,103)(H,96,105)(H3,87,90,107)/t57-,60-,61+,63?,64?,69-,77-/m1/s1. The number of thioether (sulfide) groups is 2. The second-order valence-corrected chi connectivity index (χ2v) is 33.8. The monoisotopic (exact) mass is 1630 g/mol. The Kier molecular flexibility index (Phi) is 28.4. The number of likely N-dealkylation sites (tertiary alicyclic amines) is 1. The van der Waals surface area contributed by atoms with Crippen LogP contribution in [0.25, 0.3) is 32.7 Å². The van der Waals surface area contributed by atoms with Gasteiger partial charge < -0.3 is 81.2 Å². The molecule has 0 spiro atoms. The van der Waals surface area contributed by atoms with Crippen LogP contribution in [0.2, 0.25) is 0 Å². The molecule has 9 amide bonds. The van der Waals surface area contributed by atoms with E-state index in [2.05, 4.69) is 41.8 Å². The summed E-state index contributed by atoms with van der Waals surface area (Å²) in [6.07, 6.45) is 8.61. The van der Waals surface area contributed by atoms with E-state index < -0.39 is 48.2 Å². The predicted octanol–water partition coefficient (Wildman–Crippen LogP) is 11.9. The van der Waals surface area contributed by atoms with Crippen molar-refractivity contribution in [1.29, 1.82) is 0 Å². The van der Waals surface area contributed by atoms with E-state index in [0.717, 1.165) is 45.9 Å². The van der Waals surface area contributed by atoms with Crippen molar-refractivity contribution in [2.24, 2.45) is 11.7 Å². The number of aromatic amines is 1. The van der Waals surface area contributed by atoms with Gasteiger partial charge in [0, 0.05) is 151 Å². The number of anilines is 3. The fourth-order valence-electron chi connectivity index (χ4n) is 15.8. The number of hydrogen-bond acceptors (Lipinski definition) is 19. The molecule has 2 bridgehead atoms. The number of morpholine rings is 1. The zero-order valence-corrected chi connectivity index (χ0v) is 68.2. The summed E-state index contributed by atoms with van der Waals surface area (Å²) in [6.45, 7) is 8.64. The summed E-state index contributed by atoms with van der Waals surface area (Å²) in [5, 5.41) is 21.0. The smallest absolute Gasteiger partial charge is 0.415 e. The van der Waals surface area contributed by atoms with Crippen LogP contribution in [0.1, 0.15) is 138 Å². The lowest BCUT2D eigenvalue weighted by Gasteiger charge is -2.31. The summed E-state index contributed by atoms with van der Waals surface area (Å²) in [6, 6.07) is 32.5. The molecule has 13 rings (SSSR count). The average Bonchev–Trinajstić information content (AvgIpc) is 1.60. The lowest BCUT2D eigenvalue weighted by Crippen LogP contribution is -2.54. The van der Waals surface area contributed by atoms with Crippen LogP contribution >= 0.6 is 35.1 Å². The SMILES string of the molecule is CC(C)[C@@H](NCCNC(=O)c1ccc2nc3c(nc2c1)CSC1CCCCCCC(C1)SC3)C(=O)N[C@H](CCCNC(N)=O)C(=O)Nc1ccc(COC(=O)N(C)C[C@@H]2C[C@@H](N3CCOCC3)CN2C(=O)Oc2cc3c(c4ccccc24)[C@H](CCl)CN3C(=O)c2cc3cc(NC(=O)c4ccc(OCCN(C)C)cc4)ccc3[nH]2)cc1. The highest BCUT2D eigenvalue weighted by Gasteiger charge is 2.42. The molecule has 6 heterocycles. The van der Waals surface area contributed by atoms with Gasteiger partial charge in [-0.05, 0) is 154 Å². The first-order chi connectivity index (χ1) is 55.7. The minimum Gasteiger partial charge on any atom is -0.492 e. The molecule has 610 valence electrons. The summed E-state index contributed by atoms with van der Waals surface area (Å²) >= 11 is 10.7. The van der Waals surface area contributed by atoms with Crippen LogP contribution in [0.15, 0.2) is 121 Å². The number of hydrogen-bond donors (Lipinski definition) is 8. The van der Waals surface area contributed by atoms with Crippen LogP contribution < -0.4 is 52.0 Å². The molecule has 2 saturated heterocycles. The van der Waals surface area contributed by atoms with Gasteiger partial charge in [-0.25, -0.2) is 24.4 Å². The van der Waals surface area contributed by atoms with Crippen molar-refractivity contribution in [1.82, 2.24) is 55.8 Å². The molecular formula is C85H104ClN15O12S2. The highest BCUT2D eigenvalue weighted by Crippen LogP contribution is 2.47. The quantitative estimate of drug-likeness (QED) is 0.0167. The number of primary amides is 1. The number of fused-ring (bicyclic) bond motifs is 8. The zero-order chi connectivity index (χ0) is 80.7. The van der Waals surface area contributed by atoms with Crippen LogP contribution in [0.5, 0.6) is 11.5 Å². The first-order valence-electron chi connectivity index (χ1n) is 39.9. The topological polar surface area (TPSA) is 329 Å². The number of ether oxygens (including phenoxy) is 4. The summed E-state index contributed by atoms with van der Waals surface area (Å²) < 4.78 is 23.9. The number of carbonyl (C=O) groups is 8. The molecule has 0 radical (unpaired) electrons. The number of urea groups is 1. The number of amides is 9. The summed E-state index contributed by atoms with van der Waals surface area (Å²) in [7, 11) is 5.56. The Balaban J connectivity index is 0.612. The molecule has 115 heavy (non-hydrogen) atoms. The van der Waals surface area contributed by atoms with E-state index in [0.29, 0.717) is 130 Å². The number of benzene rings is 6. The fourth-order valence-corrected chi connectivity index (χ4v) is 18.8. The Morgan fingerprint density at radius 2 is 1.44 bits per heavy atom. The molecule has 6 aromatic carbocycles. The number of H-pyrrole nitrogens is 1. The van der Waals surface area contributed by atoms with Crippen LogP contribution in [-0.4, -0.2) is 223 Å². The van der Waals surface area contributed by atoms with E-state index in [4.69, 9.17) is 46.3 Å². The highest BCUT2D eigenvalue weighted by molar-refractivity contribution is 8.00. The van der Waals surface area contributed by atoms with E-state index in [1.165, 1.54) is 49.8 Å². The molecule has 5 aliphatic rings. The molecule has 30 heteroatoms. The molecule has 7 atom stereocenters. The van der Waals surface area contributed by atoms with Gasteiger partial charge in [0.05, 0.1) is 53.4 Å². The molecule has 2 aromatic heterocycles. The molecule has 8 aromatic rings. The third-order valence-corrected chi connectivity index (χ3v) is 25.1. The Morgan fingerprint density at radius 3 is 2.16 bits per heavy atom. The van der Waals surface area contributed by atoms with Crippen molar-refractivity contribution < 1.29 is 57.3 Å². The Morgan fingerprint density at radius 1 is 0.730 bits per heavy atom. The number of aromatic nitrogens is 3. The Bertz CT molecular complexity index is 4800. The molecule has 3 fully saturated rings. The largest absolute Gasteiger partial charge is 0.492 e. The van der Waals surface area contributed by atoms with Gasteiger partial charge in [0.15, 0.2) is 0 Å². The average molecular weight is 1630 g/mol. The number of carbonyl (C=O) groups excluding carboxylic acids is 8. The number of nitrogens with two attached hydrogens (primary N) is 1. The summed E-state index contributed by atoms with van der Waals surface area (Å²) in [4.78, 5) is 133. The molecule has 1 aliphatic carbocycles. The van der Waals surface area contributed by atoms with Crippen molar-refractivity contribution in [3.05, 3.63) is 161 Å². The van der Waals surface area contributed by atoms with Crippen molar-refractivity contribution >= 4 is 133 Å². The first kappa shape index (κ1) is 83.2. The van der Waals surface area contributed by atoms with E-state index in [1.807, 2.05) is 92.8 Å². The second-order valence-electron chi connectivity index (χ2n) is 30.9. The maximum atomic E-state index is 15.0. The van der Waals surface area contributed by atoms with Gasteiger partial charge >= 0.3 is 18.2 Å². The first-order valence-corrected chi connectivity index (χ1v) is 42.5. The van der Waals surface area contributed by atoms with E-state index in [9.17, 15) is 38.4 Å². The van der Waals surface area contributed by atoms with Gasteiger partial charge in [-0.3, -0.25) is 28.9 Å². The molecule has 9 N–H and O–H groups in total. The maximum Gasteiger partial charge on any atom is 0.415 e. The minimum absolute atomic E-state index is 0.0712. The molecule has 4 aliphatic heterocycles. The van der Waals surface area contributed by atoms with Gasteiger partial charge in [0.2, 0.25) is 11.8 Å². The number of likely N-dealkylation sites (N-methyl/N-ethyl adjacent to an activating group) is 2. The lowest BCUT2D eigenvalue weighted by atomic mass is 9.95. The van der Waals surface area contributed by atoms with Crippen molar-refractivity contribution in [2.45, 2.75) is 137 Å². The van der Waals surface area contributed by atoms with Crippen LogP contribution in [0, 0.1) is 5.92 Å². The molecular weight excluding hydrogens is 1520 g/mol. The Labute approximate surface area is 683 Å². The molecule has 1 saturated carbocycles. The van der Waals surface area contributed by atoms with Crippen LogP contribution in [0.3, 0.4) is 0 Å². The van der Waals surface area contributed by atoms with Gasteiger partial charge in [0.1, 0.15) is 36.4 Å². The zero-order valence-electron chi connectivity index (χ0n) is 65.9. The van der Waals surface area contributed by atoms with E-state index in [-0.39, 0.29) is 93.0 Å². The third-order valence-electron chi connectivity index (χ3n) is 22.0. The molecule has 27 nitrogen and oxygen atoms in total. The number of halogens is 1. The normalized spacial score (nSPS) is 19.0. The highest BCUT2D eigenvalue weighted by atomic mass is 35.5. The maximum absolute atomic E-state index is 15.0. The van der Waals surface area contributed by atoms with Gasteiger partial charge in [0.25, 0.3) is 17.7 Å². The van der Waals surface area contributed by atoms with Gasteiger partial charge in [-0.2, -0.15) is 23.5 Å². The lowest BCUT2D eigenvalue weighted by molar-refractivity contribution is -0.128. The van der Waals surface area contributed by atoms with E-state index in [1.54, 1.807) is 102 Å². The fraction of sp³-hybridized carbons (Fsp3) is 0.459. The summed E-state index contributed by atoms with van der Waals surface area (Å²) in [5.41, 5.74) is 13.7. The van der Waals surface area contributed by atoms with Crippen LogP contribution in [0.4, 0.5) is 31.4 Å². The number of nitrogens with one attached hydrogen (secondary N) is 7. The van der Waals surface area contributed by atoms with Crippen molar-refractivity contribution in [2.75, 3.05) is 121 Å². The third kappa shape index (κ3) is 21.5. The van der Waals surface area contributed by atoms with E-state index >= 15 is 0 Å². The number of rotatable bonds is 28. The summed E-state index contributed by atoms with van der Waals surface area (Å²) in [5.74, 6) is 0.447. The van der Waals surface area contributed by atoms with Crippen molar-refractivity contribution in [3.63, 3.8) is 0 Å². The second kappa shape index (κ2) is 39.3. The predicted molar refractivity (Wildman–Crippen MR) is 451 cm³/mol. The number of nitrogens with zero attached hydrogens (tertiary/aromatic N) is 7. The number of alkyl halides is 1. The minimum atomic E-state index is -1.03. The van der Waals surface area contributed by atoms with Crippen molar-refractivity contribution in [3.8, 4) is 11.5 Å². The Hall–Kier alpha value is -9.75.